The highest BCUT2D eigenvalue weighted by atomic mass is 16.5. The largest absolute Gasteiger partial charge is 0.489 e. The minimum Gasteiger partial charge on any atom is -0.489 e. The number of Topliss-reactive ketones (excluding diaryl/α,β-unsaturated/α-hetero) is 2. The van der Waals surface area contributed by atoms with Gasteiger partial charge in [-0.05, 0) is 43.4 Å². The number of allylic oxidation sites excluding steroid dienone is 2. The summed E-state index contributed by atoms with van der Waals surface area (Å²) >= 11 is 0. The number of hydrogen-bond donors (Lipinski definition) is 0. The van der Waals surface area contributed by atoms with Gasteiger partial charge in [0.2, 0.25) is 23.1 Å². The van der Waals surface area contributed by atoms with E-state index in [4.69, 9.17) is 14.2 Å². The van der Waals surface area contributed by atoms with Crippen molar-refractivity contribution in [3.63, 3.8) is 0 Å². The fraction of sp³-hybridized carbons (Fsp3) is 0.345. The van der Waals surface area contributed by atoms with Crippen molar-refractivity contribution in [2.45, 2.75) is 39.2 Å². The van der Waals surface area contributed by atoms with Gasteiger partial charge < -0.3 is 19.1 Å². The summed E-state index contributed by atoms with van der Waals surface area (Å²) in [5.41, 5.74) is 2.65. The molecule has 0 atom stereocenters. The zero-order valence-electron chi connectivity index (χ0n) is 21.0. The van der Waals surface area contributed by atoms with Crippen LogP contribution in [0.2, 0.25) is 0 Å². The normalized spacial score (nSPS) is 16.4. The van der Waals surface area contributed by atoms with Crippen LogP contribution in [0.15, 0.2) is 71.2 Å². The molecular formula is C29H31NO6. The first kappa shape index (κ1) is 25.2. The molecule has 188 valence electrons. The number of ether oxygens (including phenoxy) is 3. The van der Waals surface area contributed by atoms with Gasteiger partial charge >= 0.3 is 0 Å². The quantitative estimate of drug-likeness (QED) is 0.511. The Labute approximate surface area is 211 Å². The van der Waals surface area contributed by atoms with Crippen molar-refractivity contribution in [1.82, 2.24) is 4.90 Å². The maximum absolute atomic E-state index is 13.5. The Hall–Kier alpha value is -3.87. The number of carbonyl (C=O) groups excluding carboxylic acids is 3. The molecule has 0 aromatic heterocycles. The zero-order valence-corrected chi connectivity index (χ0v) is 21.0. The number of para-hydroxylation sites is 1. The number of amides is 1. The summed E-state index contributed by atoms with van der Waals surface area (Å²) in [6, 6.07) is 15.1. The van der Waals surface area contributed by atoms with E-state index in [9.17, 15) is 14.4 Å². The lowest BCUT2D eigenvalue weighted by molar-refractivity contribution is -0.121. The molecule has 1 fully saturated rings. The van der Waals surface area contributed by atoms with E-state index in [1.807, 2.05) is 41.3 Å². The van der Waals surface area contributed by atoms with Gasteiger partial charge in [0, 0.05) is 30.7 Å². The van der Waals surface area contributed by atoms with Gasteiger partial charge in [-0.2, -0.15) is 0 Å². The summed E-state index contributed by atoms with van der Waals surface area (Å²) in [5.74, 6) is -0.674. The van der Waals surface area contributed by atoms with Gasteiger partial charge in [-0.3, -0.25) is 14.4 Å². The minimum absolute atomic E-state index is 0.0875. The number of hydrogen-bond acceptors (Lipinski definition) is 6. The second-order valence-electron chi connectivity index (χ2n) is 8.93. The van der Waals surface area contributed by atoms with Gasteiger partial charge in [0.15, 0.2) is 0 Å². The van der Waals surface area contributed by atoms with E-state index >= 15 is 0 Å². The van der Waals surface area contributed by atoms with Crippen LogP contribution in [0.1, 0.15) is 47.7 Å². The second kappa shape index (κ2) is 11.2. The molecule has 0 unspecified atom stereocenters. The van der Waals surface area contributed by atoms with Crippen molar-refractivity contribution in [3.05, 3.63) is 87.9 Å². The fourth-order valence-corrected chi connectivity index (χ4v) is 4.65. The van der Waals surface area contributed by atoms with Crippen LogP contribution in [0.5, 0.6) is 5.75 Å². The third kappa shape index (κ3) is 5.05. The molecule has 2 aromatic carbocycles. The molecule has 0 N–H and O–H groups in total. The van der Waals surface area contributed by atoms with E-state index in [0.29, 0.717) is 41.1 Å². The number of rotatable bonds is 8. The Kier molecular flexibility index (Phi) is 7.88. The Morgan fingerprint density at radius 3 is 2.19 bits per heavy atom. The lowest BCUT2D eigenvalue weighted by atomic mass is 9.88. The van der Waals surface area contributed by atoms with E-state index in [0.717, 1.165) is 24.8 Å². The Bertz CT molecular complexity index is 1220. The molecule has 7 heteroatoms. The van der Waals surface area contributed by atoms with E-state index in [1.54, 1.807) is 19.1 Å². The number of benzene rings is 2. The summed E-state index contributed by atoms with van der Waals surface area (Å²) in [6.07, 6.45) is 3.18. The number of ketones is 2. The number of carbonyl (C=O) groups is 3. The highest BCUT2D eigenvalue weighted by Gasteiger charge is 2.35. The number of piperidine rings is 1. The maximum Gasteiger partial charge on any atom is 0.257 e. The summed E-state index contributed by atoms with van der Waals surface area (Å²) in [6.45, 7) is 3.29. The van der Waals surface area contributed by atoms with Crippen molar-refractivity contribution in [2.24, 2.45) is 0 Å². The van der Waals surface area contributed by atoms with E-state index < -0.39 is 11.6 Å². The third-order valence-corrected chi connectivity index (χ3v) is 6.66. The molecule has 4 rings (SSSR count). The van der Waals surface area contributed by atoms with Crippen LogP contribution in [0.25, 0.3) is 0 Å². The Morgan fingerprint density at radius 2 is 1.53 bits per heavy atom. The van der Waals surface area contributed by atoms with Crippen LogP contribution < -0.4 is 4.74 Å². The third-order valence-electron chi connectivity index (χ3n) is 6.66. The summed E-state index contributed by atoms with van der Waals surface area (Å²) in [4.78, 5) is 41.5. The Balaban J connectivity index is 1.72. The summed E-state index contributed by atoms with van der Waals surface area (Å²) in [7, 11) is 2.67. The standard InChI is InChI=1S/C29H31NO6/c1-19-23(25(32)28(35-3)27(34-2)24(19)31)17-21-13-10-14-22(29(33)30-15-8-5-9-16-30)26(21)36-18-20-11-6-4-7-12-20/h4,6-7,10-14H,5,8-9,15-18H2,1-3H3. The monoisotopic (exact) mass is 489 g/mol. The fourth-order valence-electron chi connectivity index (χ4n) is 4.65. The second-order valence-corrected chi connectivity index (χ2v) is 8.93. The smallest absolute Gasteiger partial charge is 0.257 e. The highest BCUT2D eigenvalue weighted by Crippen LogP contribution is 2.33. The number of methoxy groups -OCH3 is 2. The topological polar surface area (TPSA) is 82.1 Å². The molecule has 36 heavy (non-hydrogen) atoms. The van der Waals surface area contributed by atoms with Crippen LogP contribution in [-0.2, 0) is 32.1 Å². The average Bonchev–Trinajstić information content (AvgIpc) is 2.92. The SMILES string of the molecule is COC1=C(OC)C(=O)C(Cc2cccc(C(=O)N3CCCCC3)c2OCc2ccccc2)=C(C)C1=O. The van der Waals surface area contributed by atoms with E-state index in [2.05, 4.69) is 0 Å². The van der Waals surface area contributed by atoms with Crippen LogP contribution in [0.3, 0.4) is 0 Å². The Morgan fingerprint density at radius 1 is 0.861 bits per heavy atom. The van der Waals surface area contributed by atoms with Crippen molar-refractivity contribution in [1.29, 1.82) is 0 Å². The molecule has 0 radical (unpaired) electrons. The molecular weight excluding hydrogens is 458 g/mol. The highest BCUT2D eigenvalue weighted by molar-refractivity contribution is 6.23. The first-order valence-corrected chi connectivity index (χ1v) is 12.2. The minimum atomic E-state index is -0.409. The predicted molar refractivity (Wildman–Crippen MR) is 134 cm³/mol. The average molecular weight is 490 g/mol. The summed E-state index contributed by atoms with van der Waals surface area (Å²) in [5, 5.41) is 0. The molecule has 0 saturated carbocycles. The van der Waals surface area contributed by atoms with Crippen molar-refractivity contribution in [2.75, 3.05) is 27.3 Å². The first-order chi connectivity index (χ1) is 17.5. The zero-order chi connectivity index (χ0) is 25.7. The molecule has 0 bridgehead atoms. The molecule has 1 aliphatic carbocycles. The van der Waals surface area contributed by atoms with Crippen LogP contribution in [0, 0.1) is 0 Å². The van der Waals surface area contributed by atoms with Crippen molar-refractivity contribution < 1.29 is 28.6 Å². The lowest BCUT2D eigenvalue weighted by Crippen LogP contribution is -2.36. The van der Waals surface area contributed by atoms with Crippen molar-refractivity contribution >= 4 is 17.5 Å². The first-order valence-electron chi connectivity index (χ1n) is 12.2. The van der Waals surface area contributed by atoms with Gasteiger partial charge in [0.05, 0.1) is 19.8 Å². The van der Waals surface area contributed by atoms with E-state index in [1.165, 1.54) is 14.2 Å². The van der Waals surface area contributed by atoms with Gasteiger partial charge in [0.1, 0.15) is 12.4 Å². The van der Waals surface area contributed by atoms with Crippen molar-refractivity contribution in [3.8, 4) is 5.75 Å². The van der Waals surface area contributed by atoms with Crippen LogP contribution in [0.4, 0.5) is 0 Å². The molecule has 1 aliphatic heterocycles. The van der Waals surface area contributed by atoms with Crippen LogP contribution >= 0.6 is 0 Å². The molecule has 2 aromatic rings. The predicted octanol–water partition coefficient (Wildman–Crippen LogP) is 4.41. The lowest BCUT2D eigenvalue weighted by Gasteiger charge is -2.28. The molecule has 2 aliphatic rings. The van der Waals surface area contributed by atoms with Gasteiger partial charge in [-0.1, -0.05) is 42.5 Å². The van der Waals surface area contributed by atoms with Gasteiger partial charge in [-0.25, -0.2) is 0 Å². The number of nitrogens with zero attached hydrogens (tertiary/aromatic N) is 1. The molecule has 1 heterocycles. The molecule has 1 saturated heterocycles. The van der Waals surface area contributed by atoms with E-state index in [-0.39, 0.29) is 30.5 Å². The molecule has 7 nitrogen and oxygen atoms in total. The van der Waals surface area contributed by atoms with Crippen LogP contribution in [-0.4, -0.2) is 49.7 Å². The molecule has 1 amide bonds. The maximum atomic E-state index is 13.5. The van der Waals surface area contributed by atoms with Gasteiger partial charge in [0.25, 0.3) is 5.91 Å². The van der Waals surface area contributed by atoms with Gasteiger partial charge in [-0.15, -0.1) is 0 Å². The summed E-state index contributed by atoms with van der Waals surface area (Å²) < 4.78 is 16.6. The molecule has 0 spiro atoms. The number of likely N-dealkylation sites (tertiary alicyclic amines) is 1.